The molecule has 0 aliphatic carbocycles. The van der Waals surface area contributed by atoms with Gasteiger partial charge in [0, 0.05) is 46.0 Å². The van der Waals surface area contributed by atoms with Crippen molar-refractivity contribution in [1.82, 2.24) is 13.9 Å². The van der Waals surface area contributed by atoms with Crippen LogP contribution in [0, 0.1) is 5.92 Å². The van der Waals surface area contributed by atoms with E-state index in [1.54, 1.807) is 0 Å². The Balaban J connectivity index is 1.58. The number of hydrogen-bond donors (Lipinski definition) is 1. The number of rotatable bonds is 6. The number of piperidine rings is 1. The van der Waals surface area contributed by atoms with Crippen LogP contribution in [0.15, 0.2) is 24.3 Å². The minimum Gasteiger partial charge on any atom is -0.378 e. The average Bonchev–Trinajstić information content (AvgIpc) is 2.74. The van der Waals surface area contributed by atoms with Crippen LogP contribution in [0.5, 0.6) is 0 Å². The van der Waals surface area contributed by atoms with Crippen molar-refractivity contribution in [1.29, 1.82) is 0 Å². The second-order valence-electron chi connectivity index (χ2n) is 7.91. The number of ether oxygens (including phenoxy) is 1. The molecule has 1 aromatic rings. The first-order valence-corrected chi connectivity index (χ1v) is 11.6. The third-order valence-electron chi connectivity index (χ3n) is 5.67. The third kappa shape index (κ3) is 5.28. The lowest BCUT2D eigenvalue weighted by Crippen LogP contribution is -2.49. The normalized spacial score (nSPS) is 22.5. The van der Waals surface area contributed by atoms with E-state index in [0.717, 1.165) is 37.6 Å². The van der Waals surface area contributed by atoms with E-state index < -0.39 is 10.2 Å². The number of carbonyl (C=O) groups excluding carboxylic acids is 1. The van der Waals surface area contributed by atoms with Crippen LogP contribution >= 0.6 is 0 Å². The molecule has 2 fully saturated rings. The summed E-state index contributed by atoms with van der Waals surface area (Å²) in [6.45, 7) is 5.92. The van der Waals surface area contributed by atoms with Gasteiger partial charge in [-0.15, -0.1) is 0 Å². The molecule has 1 amide bonds. The Kier molecular flexibility index (Phi) is 7.15. The number of anilines is 1. The number of carbonyl (C=O) groups is 1. The van der Waals surface area contributed by atoms with Gasteiger partial charge in [-0.3, -0.25) is 4.79 Å². The molecular weight excluding hydrogens is 392 g/mol. The number of nitrogens with zero attached hydrogens (tertiary/aromatic N) is 3. The Bertz CT molecular complexity index is 791. The van der Waals surface area contributed by atoms with Crippen LogP contribution in [-0.2, 0) is 19.7 Å². The maximum absolute atomic E-state index is 12.8. The van der Waals surface area contributed by atoms with Crippen molar-refractivity contribution in [2.24, 2.45) is 5.92 Å². The maximum Gasteiger partial charge on any atom is 0.281 e. The molecule has 1 N–H and O–H groups in total. The standard InChI is InChI=1S/C20H32N4O4S/c1-16(17-6-8-19(9-7-17)23-11-13-28-14-12-23)21-20(25)18-5-4-10-24(15-18)29(26,27)22(2)3/h6-9,16,18H,4-5,10-15H2,1-3H3,(H,21,25). The number of benzene rings is 1. The van der Waals surface area contributed by atoms with E-state index in [-0.39, 0.29) is 24.4 Å². The van der Waals surface area contributed by atoms with Crippen molar-refractivity contribution in [3.05, 3.63) is 29.8 Å². The van der Waals surface area contributed by atoms with Gasteiger partial charge in [-0.2, -0.15) is 17.0 Å². The summed E-state index contributed by atoms with van der Waals surface area (Å²) in [5.74, 6) is -0.415. The van der Waals surface area contributed by atoms with Crippen LogP contribution in [0.3, 0.4) is 0 Å². The third-order valence-corrected chi connectivity index (χ3v) is 7.58. The molecule has 0 bridgehead atoms. The van der Waals surface area contributed by atoms with Gasteiger partial charge in [0.25, 0.3) is 10.2 Å². The van der Waals surface area contributed by atoms with Crippen molar-refractivity contribution in [3.63, 3.8) is 0 Å². The zero-order valence-electron chi connectivity index (χ0n) is 17.5. The van der Waals surface area contributed by atoms with Gasteiger partial charge < -0.3 is 15.0 Å². The second-order valence-corrected chi connectivity index (χ2v) is 10.1. The molecule has 9 heteroatoms. The fourth-order valence-corrected chi connectivity index (χ4v) is 5.00. The smallest absolute Gasteiger partial charge is 0.281 e. The van der Waals surface area contributed by atoms with E-state index in [0.29, 0.717) is 19.4 Å². The van der Waals surface area contributed by atoms with Crippen molar-refractivity contribution in [2.45, 2.75) is 25.8 Å². The summed E-state index contributed by atoms with van der Waals surface area (Å²) < 4.78 is 32.7. The van der Waals surface area contributed by atoms with Crippen LogP contribution in [0.4, 0.5) is 5.69 Å². The van der Waals surface area contributed by atoms with Crippen molar-refractivity contribution in [2.75, 3.05) is 58.4 Å². The molecule has 162 valence electrons. The van der Waals surface area contributed by atoms with Gasteiger partial charge in [-0.1, -0.05) is 12.1 Å². The first-order valence-electron chi connectivity index (χ1n) is 10.2. The summed E-state index contributed by atoms with van der Waals surface area (Å²) in [7, 11) is -0.458. The first kappa shape index (κ1) is 22.0. The highest BCUT2D eigenvalue weighted by Gasteiger charge is 2.33. The van der Waals surface area contributed by atoms with Crippen LogP contribution in [0.2, 0.25) is 0 Å². The van der Waals surface area contributed by atoms with Gasteiger partial charge in [0.2, 0.25) is 5.91 Å². The minimum atomic E-state index is -3.49. The fraction of sp³-hybridized carbons (Fsp3) is 0.650. The molecule has 0 radical (unpaired) electrons. The molecule has 0 saturated carbocycles. The molecule has 0 aromatic heterocycles. The lowest BCUT2D eigenvalue weighted by molar-refractivity contribution is -0.126. The van der Waals surface area contributed by atoms with Crippen molar-refractivity contribution in [3.8, 4) is 0 Å². The van der Waals surface area contributed by atoms with Crippen LogP contribution in [0.25, 0.3) is 0 Å². The monoisotopic (exact) mass is 424 g/mol. The summed E-state index contributed by atoms with van der Waals surface area (Å²) >= 11 is 0. The van der Waals surface area contributed by atoms with Crippen molar-refractivity contribution >= 4 is 21.8 Å². The molecule has 2 aliphatic rings. The first-order chi connectivity index (χ1) is 13.8. The molecule has 1 aromatic carbocycles. The van der Waals surface area contributed by atoms with E-state index in [2.05, 4.69) is 22.3 Å². The molecule has 2 unspecified atom stereocenters. The zero-order valence-corrected chi connectivity index (χ0v) is 18.3. The molecule has 3 rings (SSSR count). The van der Waals surface area contributed by atoms with E-state index >= 15 is 0 Å². The fourth-order valence-electron chi connectivity index (χ4n) is 3.81. The maximum atomic E-state index is 12.8. The molecule has 2 heterocycles. The molecule has 2 saturated heterocycles. The predicted molar refractivity (Wildman–Crippen MR) is 113 cm³/mol. The lowest BCUT2D eigenvalue weighted by atomic mass is 9.98. The van der Waals surface area contributed by atoms with Crippen LogP contribution < -0.4 is 10.2 Å². The lowest BCUT2D eigenvalue weighted by Gasteiger charge is -2.33. The topological polar surface area (TPSA) is 82.2 Å². The summed E-state index contributed by atoms with van der Waals surface area (Å²) in [4.78, 5) is 15.1. The van der Waals surface area contributed by atoms with E-state index in [4.69, 9.17) is 4.74 Å². The Morgan fingerprint density at radius 2 is 1.83 bits per heavy atom. The van der Waals surface area contributed by atoms with E-state index in [9.17, 15) is 13.2 Å². The van der Waals surface area contributed by atoms with Crippen LogP contribution in [0.1, 0.15) is 31.4 Å². The number of nitrogens with one attached hydrogen (secondary N) is 1. The molecule has 2 aliphatic heterocycles. The zero-order chi connectivity index (χ0) is 21.0. The van der Waals surface area contributed by atoms with Gasteiger partial charge in [-0.25, -0.2) is 0 Å². The average molecular weight is 425 g/mol. The summed E-state index contributed by atoms with van der Waals surface area (Å²) in [5.41, 5.74) is 2.19. The quantitative estimate of drug-likeness (QED) is 0.743. The number of morpholine rings is 1. The van der Waals surface area contributed by atoms with Gasteiger partial charge >= 0.3 is 0 Å². The highest BCUT2D eigenvalue weighted by molar-refractivity contribution is 7.86. The number of amides is 1. The Morgan fingerprint density at radius 3 is 2.45 bits per heavy atom. The Labute approximate surface area is 174 Å². The summed E-state index contributed by atoms with van der Waals surface area (Å²) in [5, 5.41) is 3.06. The number of hydrogen-bond acceptors (Lipinski definition) is 5. The molecule has 2 atom stereocenters. The predicted octanol–water partition coefficient (Wildman–Crippen LogP) is 1.22. The van der Waals surface area contributed by atoms with Gasteiger partial charge in [0.05, 0.1) is 25.2 Å². The largest absolute Gasteiger partial charge is 0.378 e. The van der Waals surface area contributed by atoms with Gasteiger partial charge in [-0.05, 0) is 37.5 Å². The van der Waals surface area contributed by atoms with Gasteiger partial charge in [0.15, 0.2) is 0 Å². The highest BCUT2D eigenvalue weighted by atomic mass is 32.2. The Morgan fingerprint density at radius 1 is 1.17 bits per heavy atom. The summed E-state index contributed by atoms with van der Waals surface area (Å²) in [6.07, 6.45) is 1.39. The van der Waals surface area contributed by atoms with Gasteiger partial charge in [0.1, 0.15) is 0 Å². The van der Waals surface area contributed by atoms with E-state index in [1.807, 2.05) is 19.1 Å². The molecule has 0 spiro atoms. The second kappa shape index (κ2) is 9.42. The molecule has 8 nitrogen and oxygen atoms in total. The Hall–Kier alpha value is -1.68. The summed E-state index contributed by atoms with van der Waals surface area (Å²) in [6, 6.07) is 8.10. The highest BCUT2D eigenvalue weighted by Crippen LogP contribution is 2.23. The minimum absolute atomic E-state index is 0.0894. The molecule has 29 heavy (non-hydrogen) atoms. The van der Waals surface area contributed by atoms with E-state index in [1.165, 1.54) is 22.7 Å². The molecular formula is C20H32N4O4S. The SMILES string of the molecule is CC(NC(=O)C1CCCN(S(=O)(=O)N(C)C)C1)c1ccc(N2CCOCC2)cc1. The van der Waals surface area contributed by atoms with Crippen molar-refractivity contribution < 1.29 is 17.9 Å². The van der Waals surface area contributed by atoms with Crippen LogP contribution in [-0.4, -0.2) is 76.4 Å².